The lowest BCUT2D eigenvalue weighted by Gasteiger charge is -2.15. The summed E-state index contributed by atoms with van der Waals surface area (Å²) in [7, 11) is 0. The summed E-state index contributed by atoms with van der Waals surface area (Å²) in [5.41, 5.74) is 7.11. The first-order valence-corrected chi connectivity index (χ1v) is 6.87. The summed E-state index contributed by atoms with van der Waals surface area (Å²) in [4.78, 5) is 15.2. The van der Waals surface area contributed by atoms with Gasteiger partial charge in [0.15, 0.2) is 0 Å². The Kier molecular flexibility index (Phi) is 3.69. The SMILES string of the molecule is Nc1cc([C@H]2C[C@H](O)[C@@H](CO)O2)c2ccc(C(=O)O)cc2n1. The smallest absolute Gasteiger partial charge is 0.335 e. The third-order valence-electron chi connectivity index (χ3n) is 3.86. The second-order valence-electron chi connectivity index (χ2n) is 5.32. The molecule has 0 radical (unpaired) electrons. The molecule has 2 aromatic rings. The van der Waals surface area contributed by atoms with Gasteiger partial charge in [0.2, 0.25) is 0 Å². The van der Waals surface area contributed by atoms with Crippen LogP contribution in [0, 0.1) is 0 Å². The Morgan fingerprint density at radius 1 is 1.41 bits per heavy atom. The van der Waals surface area contributed by atoms with E-state index in [0.29, 0.717) is 11.9 Å². The molecule has 3 atom stereocenters. The van der Waals surface area contributed by atoms with Crippen molar-refractivity contribution in [2.24, 2.45) is 0 Å². The fourth-order valence-electron chi connectivity index (χ4n) is 2.77. The number of ether oxygens (including phenoxy) is 1. The minimum absolute atomic E-state index is 0.122. The molecule has 0 bridgehead atoms. The maximum atomic E-state index is 11.1. The second kappa shape index (κ2) is 5.53. The molecule has 116 valence electrons. The number of nitrogens with zero attached hydrogens (tertiary/aromatic N) is 1. The Morgan fingerprint density at radius 2 is 2.18 bits per heavy atom. The van der Waals surface area contributed by atoms with Crippen molar-refractivity contribution >= 4 is 22.7 Å². The molecule has 0 unspecified atom stereocenters. The topological polar surface area (TPSA) is 126 Å². The van der Waals surface area contributed by atoms with Gasteiger partial charge in [-0.1, -0.05) is 6.07 Å². The van der Waals surface area contributed by atoms with E-state index >= 15 is 0 Å². The molecule has 3 rings (SSSR count). The lowest BCUT2D eigenvalue weighted by Crippen LogP contribution is -2.24. The van der Waals surface area contributed by atoms with E-state index in [2.05, 4.69) is 4.98 Å². The molecular formula is C15H16N2O5. The van der Waals surface area contributed by atoms with E-state index in [0.717, 1.165) is 10.9 Å². The Bertz CT molecular complexity index is 733. The normalized spacial score (nSPS) is 24.7. The molecule has 0 spiro atoms. The number of hydrogen-bond donors (Lipinski definition) is 4. The van der Waals surface area contributed by atoms with Crippen molar-refractivity contribution in [2.75, 3.05) is 12.3 Å². The molecule has 2 heterocycles. The van der Waals surface area contributed by atoms with Gasteiger partial charge in [0, 0.05) is 11.8 Å². The van der Waals surface area contributed by atoms with Crippen molar-refractivity contribution in [3.8, 4) is 0 Å². The maximum absolute atomic E-state index is 11.1. The first kappa shape index (κ1) is 14.7. The molecule has 1 aromatic carbocycles. The lowest BCUT2D eigenvalue weighted by molar-refractivity contribution is -0.0222. The average molecular weight is 304 g/mol. The van der Waals surface area contributed by atoms with Crippen molar-refractivity contribution in [3.63, 3.8) is 0 Å². The highest BCUT2D eigenvalue weighted by atomic mass is 16.5. The number of rotatable bonds is 3. The van der Waals surface area contributed by atoms with Gasteiger partial charge in [-0.3, -0.25) is 0 Å². The summed E-state index contributed by atoms with van der Waals surface area (Å²) in [6.07, 6.45) is -1.47. The van der Waals surface area contributed by atoms with Crippen molar-refractivity contribution < 1.29 is 24.9 Å². The van der Waals surface area contributed by atoms with Crippen molar-refractivity contribution in [1.29, 1.82) is 0 Å². The molecule has 7 heteroatoms. The maximum Gasteiger partial charge on any atom is 0.335 e. The van der Waals surface area contributed by atoms with E-state index in [-0.39, 0.29) is 18.0 Å². The van der Waals surface area contributed by atoms with E-state index < -0.39 is 24.3 Å². The summed E-state index contributed by atoms with van der Waals surface area (Å²) < 4.78 is 5.65. The highest BCUT2D eigenvalue weighted by molar-refractivity contribution is 5.94. The Morgan fingerprint density at radius 3 is 2.82 bits per heavy atom. The number of benzene rings is 1. The molecule has 1 aromatic heterocycles. The molecular weight excluding hydrogens is 288 g/mol. The number of aromatic nitrogens is 1. The molecule has 22 heavy (non-hydrogen) atoms. The number of pyridine rings is 1. The van der Waals surface area contributed by atoms with Crippen LogP contribution in [0.2, 0.25) is 0 Å². The molecule has 0 saturated carbocycles. The minimum Gasteiger partial charge on any atom is -0.478 e. The largest absolute Gasteiger partial charge is 0.478 e. The van der Waals surface area contributed by atoms with Gasteiger partial charge in [-0.25, -0.2) is 9.78 Å². The van der Waals surface area contributed by atoms with E-state index in [1.165, 1.54) is 12.1 Å². The molecule has 5 N–H and O–H groups in total. The standard InChI is InChI=1S/C15H16N2O5/c16-14-4-9(12-5-11(19)13(6-18)22-12)8-2-1-7(15(20)21)3-10(8)17-14/h1-4,11-13,18-19H,5-6H2,(H2,16,17)(H,20,21)/t11-,12+,13+/m0/s1. The lowest BCUT2D eigenvalue weighted by atomic mass is 9.99. The number of carboxylic acid groups (broad SMARTS) is 1. The summed E-state index contributed by atoms with van der Waals surface area (Å²) in [6.45, 7) is -0.265. The van der Waals surface area contributed by atoms with Gasteiger partial charge < -0.3 is 25.8 Å². The van der Waals surface area contributed by atoms with Gasteiger partial charge in [0.1, 0.15) is 11.9 Å². The number of nitrogens with two attached hydrogens (primary N) is 1. The number of aromatic carboxylic acids is 1. The number of anilines is 1. The summed E-state index contributed by atoms with van der Waals surface area (Å²) in [5, 5.41) is 28.8. The molecule has 7 nitrogen and oxygen atoms in total. The van der Waals surface area contributed by atoms with Crippen LogP contribution in [-0.4, -0.2) is 45.1 Å². The third-order valence-corrected chi connectivity index (χ3v) is 3.86. The Hall–Kier alpha value is -2.22. The number of fused-ring (bicyclic) bond motifs is 1. The fourth-order valence-corrected chi connectivity index (χ4v) is 2.77. The number of aliphatic hydroxyl groups is 2. The first-order chi connectivity index (χ1) is 10.5. The highest BCUT2D eigenvalue weighted by Gasteiger charge is 2.35. The average Bonchev–Trinajstić information content (AvgIpc) is 2.86. The van der Waals surface area contributed by atoms with E-state index in [1.807, 2.05) is 0 Å². The predicted molar refractivity (Wildman–Crippen MR) is 78.4 cm³/mol. The van der Waals surface area contributed by atoms with Crippen LogP contribution in [0.5, 0.6) is 0 Å². The number of carboxylic acids is 1. The zero-order valence-electron chi connectivity index (χ0n) is 11.6. The summed E-state index contributed by atoms with van der Waals surface area (Å²) in [5.74, 6) is -0.795. The zero-order chi connectivity index (χ0) is 15.9. The number of aliphatic hydroxyl groups excluding tert-OH is 2. The van der Waals surface area contributed by atoms with E-state index in [1.54, 1.807) is 12.1 Å². The van der Waals surface area contributed by atoms with Gasteiger partial charge in [-0.2, -0.15) is 0 Å². The predicted octanol–water partition coefficient (Wildman–Crippen LogP) is 0.698. The molecule has 0 aliphatic carbocycles. The van der Waals surface area contributed by atoms with Gasteiger partial charge in [-0.15, -0.1) is 0 Å². The Balaban J connectivity index is 2.08. The zero-order valence-corrected chi connectivity index (χ0v) is 11.6. The summed E-state index contributed by atoms with van der Waals surface area (Å²) >= 11 is 0. The van der Waals surface area contributed by atoms with Crippen LogP contribution in [0.3, 0.4) is 0 Å². The van der Waals surface area contributed by atoms with Gasteiger partial charge in [0.25, 0.3) is 0 Å². The number of carbonyl (C=O) groups is 1. The number of nitrogen functional groups attached to an aromatic ring is 1. The van der Waals surface area contributed by atoms with Crippen LogP contribution >= 0.6 is 0 Å². The quantitative estimate of drug-likeness (QED) is 0.657. The second-order valence-corrected chi connectivity index (χ2v) is 5.32. The van der Waals surface area contributed by atoms with Gasteiger partial charge in [-0.05, 0) is 23.8 Å². The molecule has 1 aliphatic heterocycles. The van der Waals surface area contributed by atoms with Crippen LogP contribution in [0.15, 0.2) is 24.3 Å². The van der Waals surface area contributed by atoms with Gasteiger partial charge >= 0.3 is 5.97 Å². The summed E-state index contributed by atoms with van der Waals surface area (Å²) in [6, 6.07) is 6.25. The molecule has 1 saturated heterocycles. The van der Waals surface area contributed by atoms with Crippen LogP contribution in [0.4, 0.5) is 5.82 Å². The monoisotopic (exact) mass is 304 g/mol. The first-order valence-electron chi connectivity index (χ1n) is 6.87. The van der Waals surface area contributed by atoms with Crippen LogP contribution < -0.4 is 5.73 Å². The van der Waals surface area contributed by atoms with E-state index in [9.17, 15) is 15.0 Å². The van der Waals surface area contributed by atoms with Crippen molar-refractivity contribution in [1.82, 2.24) is 4.98 Å². The van der Waals surface area contributed by atoms with Crippen LogP contribution in [-0.2, 0) is 4.74 Å². The van der Waals surface area contributed by atoms with Crippen molar-refractivity contribution in [3.05, 3.63) is 35.4 Å². The Labute approximate surface area is 126 Å². The number of hydrogen-bond acceptors (Lipinski definition) is 6. The molecule has 1 fully saturated rings. The third kappa shape index (κ3) is 2.50. The molecule has 1 aliphatic rings. The van der Waals surface area contributed by atoms with E-state index in [4.69, 9.17) is 15.6 Å². The highest BCUT2D eigenvalue weighted by Crippen LogP contribution is 2.37. The molecule has 0 amide bonds. The van der Waals surface area contributed by atoms with Crippen molar-refractivity contribution in [2.45, 2.75) is 24.7 Å². The minimum atomic E-state index is -1.04. The van der Waals surface area contributed by atoms with Crippen LogP contribution in [0.1, 0.15) is 28.4 Å². The fraction of sp³-hybridized carbons (Fsp3) is 0.333. The van der Waals surface area contributed by atoms with Gasteiger partial charge in [0.05, 0.1) is 29.9 Å². The van der Waals surface area contributed by atoms with Crippen LogP contribution in [0.25, 0.3) is 10.9 Å².